The predicted octanol–water partition coefficient (Wildman–Crippen LogP) is 2.31. The average molecular weight is 272 g/mol. The van der Waals surface area contributed by atoms with Crippen LogP contribution in [0.4, 0.5) is 4.39 Å². The third-order valence-corrected chi connectivity index (χ3v) is 5.36. The van der Waals surface area contributed by atoms with Crippen LogP contribution < -0.4 is 0 Å². The lowest BCUT2D eigenvalue weighted by Gasteiger charge is -2.29. The fourth-order valence-corrected chi connectivity index (χ4v) is 3.99. The Morgan fingerprint density at radius 1 is 1.17 bits per heavy atom. The van der Waals surface area contributed by atoms with Gasteiger partial charge < -0.3 is 5.11 Å². The van der Waals surface area contributed by atoms with E-state index in [1.807, 2.05) is 0 Å². The summed E-state index contributed by atoms with van der Waals surface area (Å²) < 4.78 is 38.4. The van der Waals surface area contributed by atoms with E-state index in [1.165, 1.54) is 12.1 Å². The molecular weight excluding hydrogens is 255 g/mol. The summed E-state index contributed by atoms with van der Waals surface area (Å²) in [7, 11) is -4.00. The van der Waals surface area contributed by atoms with Crippen molar-refractivity contribution in [1.29, 1.82) is 0 Å². The van der Waals surface area contributed by atoms with E-state index in [1.54, 1.807) is 18.2 Å². The molecule has 1 fully saturated rings. The summed E-state index contributed by atoms with van der Waals surface area (Å²) in [5.41, 5.74) is -2.02. The van der Waals surface area contributed by atoms with E-state index < -0.39 is 27.4 Å². The molecule has 2 rings (SSSR count). The second kappa shape index (κ2) is 5.36. The van der Waals surface area contributed by atoms with Gasteiger partial charge in [0, 0.05) is 5.92 Å². The van der Waals surface area contributed by atoms with Crippen LogP contribution in [-0.2, 0) is 9.84 Å². The summed E-state index contributed by atoms with van der Waals surface area (Å²) in [6, 6.07) is 7.59. The fraction of sp³-hybridized carbons (Fsp3) is 0.538. The van der Waals surface area contributed by atoms with Gasteiger partial charge in [0.1, 0.15) is 0 Å². The summed E-state index contributed by atoms with van der Waals surface area (Å²) in [6.07, 6.45) is 1.65. The van der Waals surface area contributed by atoms with Crippen molar-refractivity contribution in [3.8, 4) is 0 Å². The van der Waals surface area contributed by atoms with Crippen molar-refractivity contribution in [3.63, 3.8) is 0 Å². The number of aliphatic hydroxyl groups is 1. The molecule has 3 atom stereocenters. The van der Waals surface area contributed by atoms with Crippen LogP contribution in [0.5, 0.6) is 0 Å². The van der Waals surface area contributed by atoms with Crippen molar-refractivity contribution in [3.05, 3.63) is 30.3 Å². The molecule has 0 saturated heterocycles. The number of aliphatic hydroxyl groups excluding tert-OH is 1. The van der Waals surface area contributed by atoms with Crippen LogP contribution >= 0.6 is 0 Å². The largest absolute Gasteiger partial charge is 0.393 e. The van der Waals surface area contributed by atoms with Gasteiger partial charge in [0.15, 0.2) is 0 Å². The van der Waals surface area contributed by atoms with E-state index in [0.717, 1.165) is 12.8 Å². The molecule has 0 aromatic heterocycles. The molecule has 1 saturated carbocycles. The Morgan fingerprint density at radius 2 is 1.78 bits per heavy atom. The van der Waals surface area contributed by atoms with Gasteiger partial charge in [-0.25, -0.2) is 12.8 Å². The van der Waals surface area contributed by atoms with E-state index >= 15 is 0 Å². The van der Waals surface area contributed by atoms with Gasteiger partial charge in [-0.2, -0.15) is 0 Å². The van der Waals surface area contributed by atoms with Crippen molar-refractivity contribution in [2.24, 2.45) is 5.92 Å². The van der Waals surface area contributed by atoms with Gasteiger partial charge in [-0.3, -0.25) is 0 Å². The maximum absolute atomic E-state index is 14.3. The zero-order chi connectivity index (χ0) is 13.2. The van der Waals surface area contributed by atoms with Crippen LogP contribution in [-0.4, -0.2) is 25.1 Å². The topological polar surface area (TPSA) is 54.4 Å². The molecule has 3 unspecified atom stereocenters. The Bertz CT molecular complexity index is 486. The molecule has 0 amide bonds. The number of hydrogen-bond acceptors (Lipinski definition) is 3. The van der Waals surface area contributed by atoms with Gasteiger partial charge in [-0.05, 0) is 25.0 Å². The molecular formula is C13H17FO3S. The molecule has 18 heavy (non-hydrogen) atoms. The van der Waals surface area contributed by atoms with Gasteiger partial charge in [0.2, 0.25) is 15.3 Å². The SMILES string of the molecule is O=S(=O)(c1ccccc1)C(F)C1CCCCC1O. The molecule has 0 bridgehead atoms. The quantitative estimate of drug-likeness (QED) is 0.918. The summed E-state index contributed by atoms with van der Waals surface area (Å²) in [6.45, 7) is 0. The normalized spacial score (nSPS) is 26.8. The number of sulfone groups is 1. The van der Waals surface area contributed by atoms with Crippen LogP contribution in [0.15, 0.2) is 35.2 Å². The first-order valence-corrected chi connectivity index (χ1v) is 7.69. The summed E-state index contributed by atoms with van der Waals surface area (Å²) >= 11 is 0. The zero-order valence-corrected chi connectivity index (χ0v) is 10.8. The van der Waals surface area contributed by atoms with Crippen molar-refractivity contribution in [2.45, 2.75) is 42.2 Å². The predicted molar refractivity (Wildman–Crippen MR) is 66.5 cm³/mol. The summed E-state index contributed by atoms with van der Waals surface area (Å²) in [5, 5.41) is 9.75. The highest BCUT2D eigenvalue weighted by Gasteiger charge is 2.39. The molecule has 1 aromatic rings. The first-order chi connectivity index (χ1) is 8.53. The molecule has 1 N–H and O–H groups in total. The highest BCUT2D eigenvalue weighted by atomic mass is 32.2. The lowest BCUT2D eigenvalue weighted by molar-refractivity contribution is 0.0449. The van der Waals surface area contributed by atoms with E-state index in [4.69, 9.17) is 0 Å². The smallest absolute Gasteiger partial charge is 0.210 e. The Morgan fingerprint density at radius 3 is 2.39 bits per heavy atom. The lowest BCUT2D eigenvalue weighted by Crippen LogP contribution is -2.36. The monoisotopic (exact) mass is 272 g/mol. The van der Waals surface area contributed by atoms with Gasteiger partial charge >= 0.3 is 0 Å². The summed E-state index contributed by atoms with van der Waals surface area (Å²) in [4.78, 5) is -0.0183. The Kier molecular flexibility index (Phi) is 4.02. The fourth-order valence-electron chi connectivity index (χ4n) is 2.42. The van der Waals surface area contributed by atoms with Crippen LogP contribution in [0.2, 0.25) is 0 Å². The van der Waals surface area contributed by atoms with E-state index in [9.17, 15) is 17.9 Å². The van der Waals surface area contributed by atoms with Crippen LogP contribution in [0.1, 0.15) is 25.7 Å². The Labute approximate surface area is 107 Å². The number of alkyl halides is 1. The van der Waals surface area contributed by atoms with Crippen LogP contribution in [0, 0.1) is 5.92 Å². The molecule has 0 aliphatic heterocycles. The second-order valence-corrected chi connectivity index (χ2v) is 6.74. The van der Waals surface area contributed by atoms with Gasteiger partial charge in [0.05, 0.1) is 11.0 Å². The van der Waals surface area contributed by atoms with E-state index in [2.05, 4.69) is 0 Å². The highest BCUT2D eigenvalue weighted by molar-refractivity contribution is 7.91. The van der Waals surface area contributed by atoms with E-state index in [-0.39, 0.29) is 4.90 Å². The Hall–Kier alpha value is -0.940. The van der Waals surface area contributed by atoms with Crippen molar-refractivity contribution >= 4 is 9.84 Å². The van der Waals surface area contributed by atoms with Crippen molar-refractivity contribution < 1.29 is 17.9 Å². The number of benzene rings is 1. The van der Waals surface area contributed by atoms with Crippen LogP contribution in [0.3, 0.4) is 0 Å². The molecule has 0 heterocycles. The number of hydrogen-bond donors (Lipinski definition) is 1. The second-order valence-electron chi connectivity index (χ2n) is 4.72. The molecule has 1 aromatic carbocycles. The maximum Gasteiger partial charge on any atom is 0.210 e. The minimum Gasteiger partial charge on any atom is -0.393 e. The molecule has 0 spiro atoms. The maximum atomic E-state index is 14.3. The molecule has 0 radical (unpaired) electrons. The van der Waals surface area contributed by atoms with Gasteiger partial charge in [0.25, 0.3) is 0 Å². The standard InChI is InChI=1S/C13H17FO3S/c14-13(11-8-4-5-9-12(11)15)18(16,17)10-6-2-1-3-7-10/h1-3,6-7,11-13,15H,4-5,8-9H2. The first kappa shape index (κ1) is 13.5. The molecule has 5 heteroatoms. The molecule has 1 aliphatic carbocycles. The van der Waals surface area contributed by atoms with Gasteiger partial charge in [-0.15, -0.1) is 0 Å². The zero-order valence-electron chi connectivity index (χ0n) is 10.00. The molecule has 1 aliphatic rings. The lowest BCUT2D eigenvalue weighted by atomic mass is 9.87. The van der Waals surface area contributed by atoms with Crippen molar-refractivity contribution in [2.75, 3.05) is 0 Å². The highest BCUT2D eigenvalue weighted by Crippen LogP contribution is 2.33. The van der Waals surface area contributed by atoms with E-state index in [0.29, 0.717) is 12.8 Å². The minimum absolute atomic E-state index is 0.0183. The molecule has 3 nitrogen and oxygen atoms in total. The first-order valence-electron chi connectivity index (χ1n) is 6.14. The average Bonchev–Trinajstić information content (AvgIpc) is 2.39. The third kappa shape index (κ3) is 2.57. The number of rotatable bonds is 3. The third-order valence-electron chi connectivity index (χ3n) is 3.49. The van der Waals surface area contributed by atoms with Crippen LogP contribution in [0.25, 0.3) is 0 Å². The van der Waals surface area contributed by atoms with Crippen molar-refractivity contribution in [1.82, 2.24) is 0 Å². The van der Waals surface area contributed by atoms with Gasteiger partial charge in [-0.1, -0.05) is 31.0 Å². The Balaban J connectivity index is 2.25. The number of halogens is 1. The minimum atomic E-state index is -4.00. The molecule has 100 valence electrons. The summed E-state index contributed by atoms with van der Waals surface area (Å²) in [5.74, 6) is -0.802.